The first-order valence-corrected chi connectivity index (χ1v) is 11.7. The van der Waals surface area contributed by atoms with Gasteiger partial charge in [0.05, 0.1) is 18.6 Å². The average molecular weight is 454 g/mol. The topological polar surface area (TPSA) is 79.0 Å². The number of hydrogen-bond donors (Lipinski definition) is 1. The Hall–Kier alpha value is -3.13. The lowest BCUT2D eigenvalue weighted by Gasteiger charge is -2.36. The van der Waals surface area contributed by atoms with Gasteiger partial charge in [-0.1, -0.05) is 6.07 Å². The van der Waals surface area contributed by atoms with Gasteiger partial charge in [0.2, 0.25) is 11.8 Å². The molecular weight excluding hydrogens is 426 g/mol. The third-order valence-corrected chi connectivity index (χ3v) is 6.45. The van der Waals surface area contributed by atoms with Crippen LogP contribution < -0.4 is 9.64 Å². The third kappa shape index (κ3) is 5.19. The van der Waals surface area contributed by atoms with Crippen molar-refractivity contribution in [2.45, 2.75) is 12.7 Å². The van der Waals surface area contributed by atoms with Gasteiger partial charge in [-0.15, -0.1) is 11.8 Å². The van der Waals surface area contributed by atoms with Gasteiger partial charge in [-0.3, -0.25) is 4.79 Å². The Morgan fingerprint density at radius 2 is 1.91 bits per heavy atom. The number of anilines is 1. The lowest BCUT2D eigenvalue weighted by atomic mass is 10.2. The Bertz CT molecular complexity index is 1060. The van der Waals surface area contributed by atoms with Crippen molar-refractivity contribution < 1.29 is 19.1 Å². The molecule has 1 aromatic heterocycles. The molecule has 1 amide bonds. The van der Waals surface area contributed by atoms with Crippen LogP contribution in [0.1, 0.15) is 11.5 Å². The fourth-order valence-corrected chi connectivity index (χ4v) is 4.57. The van der Waals surface area contributed by atoms with E-state index in [1.54, 1.807) is 31.0 Å². The van der Waals surface area contributed by atoms with Crippen molar-refractivity contribution in [1.29, 1.82) is 0 Å². The van der Waals surface area contributed by atoms with Crippen LogP contribution in [0.15, 0.2) is 52.9 Å². The van der Waals surface area contributed by atoms with Gasteiger partial charge in [-0.05, 0) is 43.3 Å². The third-order valence-electron chi connectivity index (χ3n) is 5.52. The summed E-state index contributed by atoms with van der Waals surface area (Å²) in [5.41, 5.74) is 2.74. The maximum atomic E-state index is 12.6. The summed E-state index contributed by atoms with van der Waals surface area (Å²) < 4.78 is 11.0. The minimum Gasteiger partial charge on any atom is -0.508 e. The molecule has 0 bridgehead atoms. The molecule has 1 N–H and O–H groups in total. The summed E-state index contributed by atoms with van der Waals surface area (Å²) in [6.45, 7) is 4.78. The van der Waals surface area contributed by atoms with Crippen molar-refractivity contribution in [3.63, 3.8) is 0 Å². The lowest BCUT2D eigenvalue weighted by Crippen LogP contribution is -2.49. The second-order valence-electron chi connectivity index (χ2n) is 7.63. The molecule has 0 aliphatic carbocycles. The Balaban J connectivity index is 1.26. The monoisotopic (exact) mass is 453 g/mol. The number of aromatic hydroxyl groups is 1. The van der Waals surface area contributed by atoms with Crippen molar-refractivity contribution in [3.8, 4) is 23.0 Å². The molecule has 8 heteroatoms. The standard InChI is InChI=1S/C24H27N3O4S/c1-17-22(25-24(31-17)18-6-8-21(30-2)9-7-18)15-32-16-23(29)27-12-10-26(11-13-27)19-4-3-5-20(28)14-19/h3-9,14,28H,10-13,15-16H2,1-2H3. The van der Waals surface area contributed by atoms with Crippen LogP contribution in [0.3, 0.4) is 0 Å². The maximum absolute atomic E-state index is 12.6. The van der Waals surface area contributed by atoms with E-state index in [9.17, 15) is 9.90 Å². The number of nitrogens with zero attached hydrogens (tertiary/aromatic N) is 3. The van der Waals surface area contributed by atoms with Crippen LogP contribution in [0.25, 0.3) is 11.5 Å². The number of thioether (sulfide) groups is 1. The zero-order chi connectivity index (χ0) is 22.5. The number of phenols is 1. The number of amides is 1. The first kappa shape index (κ1) is 22.1. The molecular formula is C24H27N3O4S. The quantitative estimate of drug-likeness (QED) is 0.580. The molecule has 3 aromatic rings. The lowest BCUT2D eigenvalue weighted by molar-refractivity contribution is -0.128. The molecule has 0 unspecified atom stereocenters. The fraction of sp³-hybridized carbons (Fsp3) is 0.333. The molecule has 1 fully saturated rings. The normalized spacial score (nSPS) is 13.9. The van der Waals surface area contributed by atoms with Gasteiger partial charge in [-0.25, -0.2) is 4.98 Å². The summed E-state index contributed by atoms with van der Waals surface area (Å²) in [5.74, 6) is 3.58. The SMILES string of the molecule is COc1ccc(-c2nc(CSCC(=O)N3CCN(c4cccc(O)c4)CC3)c(C)o2)cc1. The summed E-state index contributed by atoms with van der Waals surface area (Å²) >= 11 is 1.56. The van der Waals surface area contributed by atoms with Crippen LogP contribution in [0, 0.1) is 6.92 Å². The van der Waals surface area contributed by atoms with Crippen molar-refractivity contribution in [3.05, 3.63) is 60.0 Å². The number of benzene rings is 2. The van der Waals surface area contributed by atoms with Gasteiger partial charge in [0.15, 0.2) is 0 Å². The van der Waals surface area contributed by atoms with Gasteiger partial charge in [0.25, 0.3) is 0 Å². The molecule has 2 aromatic carbocycles. The molecule has 1 aliphatic heterocycles. The molecule has 32 heavy (non-hydrogen) atoms. The molecule has 0 atom stereocenters. The van der Waals surface area contributed by atoms with Crippen LogP contribution in [-0.4, -0.2) is 59.9 Å². The van der Waals surface area contributed by atoms with E-state index in [1.165, 1.54) is 0 Å². The second-order valence-corrected chi connectivity index (χ2v) is 8.62. The Kier molecular flexibility index (Phi) is 6.90. The number of rotatable bonds is 7. The van der Waals surface area contributed by atoms with Crippen LogP contribution in [0.4, 0.5) is 5.69 Å². The van der Waals surface area contributed by atoms with Crippen LogP contribution in [0.5, 0.6) is 11.5 Å². The number of aryl methyl sites for hydroxylation is 1. The van der Waals surface area contributed by atoms with Crippen LogP contribution >= 0.6 is 11.8 Å². The smallest absolute Gasteiger partial charge is 0.232 e. The average Bonchev–Trinajstić information content (AvgIpc) is 3.19. The van der Waals surface area contributed by atoms with Crippen molar-refractivity contribution in [1.82, 2.24) is 9.88 Å². The number of methoxy groups -OCH3 is 1. The minimum atomic E-state index is 0.141. The molecule has 1 saturated heterocycles. The van der Waals surface area contributed by atoms with E-state index in [1.807, 2.05) is 48.2 Å². The molecule has 0 spiro atoms. The van der Waals surface area contributed by atoms with E-state index in [2.05, 4.69) is 9.88 Å². The van der Waals surface area contributed by atoms with E-state index >= 15 is 0 Å². The number of carbonyl (C=O) groups is 1. The second kappa shape index (κ2) is 9.99. The number of hydrogen-bond acceptors (Lipinski definition) is 7. The van der Waals surface area contributed by atoms with Gasteiger partial charge in [0, 0.05) is 49.2 Å². The van der Waals surface area contributed by atoms with Gasteiger partial charge in [-0.2, -0.15) is 0 Å². The van der Waals surface area contributed by atoms with Gasteiger partial charge in [0.1, 0.15) is 17.3 Å². The van der Waals surface area contributed by atoms with E-state index in [4.69, 9.17) is 9.15 Å². The van der Waals surface area contributed by atoms with E-state index in [0.29, 0.717) is 30.5 Å². The highest BCUT2D eigenvalue weighted by Gasteiger charge is 2.22. The number of carbonyl (C=O) groups excluding carboxylic acids is 1. The molecule has 0 radical (unpaired) electrons. The molecule has 0 saturated carbocycles. The van der Waals surface area contributed by atoms with Crippen molar-refractivity contribution in [2.75, 3.05) is 43.9 Å². The molecule has 7 nitrogen and oxygen atoms in total. The van der Waals surface area contributed by atoms with E-state index < -0.39 is 0 Å². The summed E-state index contributed by atoms with van der Waals surface area (Å²) in [5, 5.41) is 9.67. The summed E-state index contributed by atoms with van der Waals surface area (Å²) in [6.07, 6.45) is 0. The largest absolute Gasteiger partial charge is 0.508 e. The Labute approximate surface area is 192 Å². The van der Waals surface area contributed by atoms with E-state index in [0.717, 1.165) is 41.5 Å². The number of aromatic nitrogens is 1. The summed E-state index contributed by atoms with van der Waals surface area (Å²) in [4.78, 5) is 21.4. The first-order valence-electron chi connectivity index (χ1n) is 10.5. The first-order chi connectivity index (χ1) is 15.5. The number of oxazole rings is 1. The zero-order valence-electron chi connectivity index (χ0n) is 18.3. The van der Waals surface area contributed by atoms with Gasteiger partial charge < -0.3 is 24.1 Å². The Morgan fingerprint density at radius 3 is 2.59 bits per heavy atom. The summed E-state index contributed by atoms with van der Waals surface area (Å²) in [6, 6.07) is 14.8. The van der Waals surface area contributed by atoms with Gasteiger partial charge >= 0.3 is 0 Å². The highest BCUT2D eigenvalue weighted by molar-refractivity contribution is 7.99. The maximum Gasteiger partial charge on any atom is 0.232 e. The highest BCUT2D eigenvalue weighted by Crippen LogP contribution is 2.26. The molecule has 4 rings (SSSR count). The summed E-state index contributed by atoms with van der Waals surface area (Å²) in [7, 11) is 1.63. The van der Waals surface area contributed by atoms with Crippen LogP contribution in [-0.2, 0) is 10.5 Å². The fourth-order valence-electron chi connectivity index (χ4n) is 3.65. The number of piperazine rings is 1. The van der Waals surface area contributed by atoms with Crippen LogP contribution in [0.2, 0.25) is 0 Å². The molecule has 168 valence electrons. The number of ether oxygens (including phenoxy) is 1. The molecule has 1 aliphatic rings. The molecule has 2 heterocycles. The predicted molar refractivity (Wildman–Crippen MR) is 126 cm³/mol. The van der Waals surface area contributed by atoms with Crippen molar-refractivity contribution >= 4 is 23.4 Å². The number of phenolic OH excluding ortho intramolecular Hbond substituents is 1. The zero-order valence-corrected chi connectivity index (χ0v) is 19.1. The minimum absolute atomic E-state index is 0.141. The Morgan fingerprint density at radius 1 is 1.16 bits per heavy atom. The predicted octanol–water partition coefficient (Wildman–Crippen LogP) is 3.95. The van der Waals surface area contributed by atoms with Crippen molar-refractivity contribution in [2.24, 2.45) is 0 Å². The highest BCUT2D eigenvalue weighted by atomic mass is 32.2. The van der Waals surface area contributed by atoms with E-state index in [-0.39, 0.29) is 11.7 Å².